The maximum absolute atomic E-state index is 12.3. The molecule has 0 bridgehead atoms. The molecule has 2 aromatic heterocycles. The van der Waals surface area contributed by atoms with Crippen LogP contribution < -0.4 is 10.5 Å². The van der Waals surface area contributed by atoms with Gasteiger partial charge in [-0.05, 0) is 18.9 Å². The number of carbonyl (C=O) groups excluding carboxylic acids is 2. The summed E-state index contributed by atoms with van der Waals surface area (Å²) < 4.78 is 38.4. The van der Waals surface area contributed by atoms with Crippen molar-refractivity contribution < 1.29 is 36.8 Å². The van der Waals surface area contributed by atoms with Crippen molar-refractivity contribution in [2.75, 3.05) is 12.3 Å². The van der Waals surface area contributed by atoms with Crippen LogP contribution >= 0.6 is 0 Å². The van der Waals surface area contributed by atoms with E-state index >= 15 is 0 Å². The molecule has 3 heterocycles. The van der Waals surface area contributed by atoms with Gasteiger partial charge >= 0.3 is 16.3 Å². The summed E-state index contributed by atoms with van der Waals surface area (Å²) >= 11 is 0. The van der Waals surface area contributed by atoms with Gasteiger partial charge in [0.1, 0.15) is 18.1 Å². The number of rotatable bonds is 10. The number of nitrogens with zero attached hydrogens (tertiary/aromatic N) is 4. The highest BCUT2D eigenvalue weighted by Crippen LogP contribution is 2.31. The molecule has 3 aromatic rings. The van der Waals surface area contributed by atoms with Crippen LogP contribution in [0, 0.1) is 0 Å². The monoisotopic (exact) mass is 518 g/mol. The quantitative estimate of drug-likeness (QED) is 0.319. The van der Waals surface area contributed by atoms with Gasteiger partial charge in [0, 0.05) is 18.4 Å². The fourth-order valence-corrected chi connectivity index (χ4v) is 4.53. The molecule has 2 unspecified atom stereocenters. The number of nitrogen functional groups attached to an aromatic ring is 1. The summed E-state index contributed by atoms with van der Waals surface area (Å²) in [5, 5.41) is 9.17. The highest BCUT2D eigenvalue weighted by atomic mass is 32.2. The molecule has 2 atom stereocenters. The standard InChI is InChI=1S/C21H22N6O8S/c22-19-18-20(24-10-23-19)27(11-25-18)17-8-5-12(35-17)9-34-36(32,33)26-16(29)7-6-15(28)13-3-1-2-4-14(13)21(30)31/h1-4,10-12,17H,5-9H2,(H,26,29)(H,30,31)(H2,22,23,24). The maximum atomic E-state index is 12.3. The Kier molecular flexibility index (Phi) is 7.23. The lowest BCUT2D eigenvalue weighted by molar-refractivity contribution is -0.119. The first-order chi connectivity index (χ1) is 17.1. The molecule has 1 aliphatic rings. The van der Waals surface area contributed by atoms with Gasteiger partial charge in [0.2, 0.25) is 5.91 Å². The minimum absolute atomic E-state index is 0.0651. The van der Waals surface area contributed by atoms with Gasteiger partial charge in [-0.2, -0.15) is 8.42 Å². The molecule has 0 aliphatic carbocycles. The van der Waals surface area contributed by atoms with E-state index in [-0.39, 0.29) is 30.0 Å². The van der Waals surface area contributed by atoms with Crippen molar-refractivity contribution in [3.05, 3.63) is 48.0 Å². The van der Waals surface area contributed by atoms with Crippen LogP contribution in [-0.2, 0) is 24.0 Å². The molecule has 1 amide bonds. The van der Waals surface area contributed by atoms with Crippen LogP contribution in [0.1, 0.15) is 52.6 Å². The molecule has 0 saturated carbocycles. The van der Waals surface area contributed by atoms with Crippen LogP contribution in [0.2, 0.25) is 0 Å². The Morgan fingerprint density at radius 3 is 2.64 bits per heavy atom. The molecule has 36 heavy (non-hydrogen) atoms. The minimum Gasteiger partial charge on any atom is -0.478 e. The molecule has 0 spiro atoms. The van der Waals surface area contributed by atoms with E-state index in [0.717, 1.165) is 0 Å². The van der Waals surface area contributed by atoms with E-state index in [1.54, 1.807) is 9.29 Å². The summed E-state index contributed by atoms with van der Waals surface area (Å²) in [6, 6.07) is 5.55. The number of nitrogens with two attached hydrogens (primary N) is 1. The second-order valence-electron chi connectivity index (χ2n) is 7.91. The zero-order valence-electron chi connectivity index (χ0n) is 18.7. The van der Waals surface area contributed by atoms with E-state index in [1.807, 2.05) is 0 Å². The van der Waals surface area contributed by atoms with E-state index in [0.29, 0.717) is 24.0 Å². The molecular weight excluding hydrogens is 496 g/mol. The van der Waals surface area contributed by atoms with Crippen molar-refractivity contribution in [1.82, 2.24) is 24.2 Å². The number of carboxylic acids is 1. The Morgan fingerprint density at radius 1 is 1.14 bits per heavy atom. The van der Waals surface area contributed by atoms with Gasteiger partial charge in [0.25, 0.3) is 0 Å². The summed E-state index contributed by atoms with van der Waals surface area (Å²) in [6.07, 6.45) is 1.93. The Morgan fingerprint density at radius 2 is 1.89 bits per heavy atom. The molecule has 4 rings (SSSR count). The highest BCUT2D eigenvalue weighted by molar-refractivity contribution is 7.85. The van der Waals surface area contributed by atoms with E-state index in [4.69, 9.17) is 19.8 Å². The van der Waals surface area contributed by atoms with E-state index in [9.17, 15) is 22.8 Å². The van der Waals surface area contributed by atoms with Gasteiger partial charge in [-0.15, -0.1) is 0 Å². The number of hydrogen-bond acceptors (Lipinski definition) is 11. The van der Waals surface area contributed by atoms with Crippen molar-refractivity contribution in [2.45, 2.75) is 38.0 Å². The zero-order chi connectivity index (χ0) is 25.9. The minimum atomic E-state index is -4.46. The first-order valence-electron chi connectivity index (χ1n) is 10.8. The second-order valence-corrected chi connectivity index (χ2v) is 9.26. The first kappa shape index (κ1) is 25.2. The van der Waals surface area contributed by atoms with Gasteiger partial charge in [0.05, 0.1) is 24.6 Å². The number of amides is 1. The number of carbonyl (C=O) groups is 3. The number of ketones is 1. The molecule has 1 saturated heterocycles. The molecule has 1 aromatic carbocycles. The summed E-state index contributed by atoms with van der Waals surface area (Å²) in [7, 11) is -4.46. The summed E-state index contributed by atoms with van der Waals surface area (Å²) in [4.78, 5) is 47.8. The number of hydrogen-bond donors (Lipinski definition) is 3. The van der Waals surface area contributed by atoms with Crippen LogP contribution in [0.3, 0.4) is 0 Å². The zero-order valence-corrected chi connectivity index (χ0v) is 19.6. The van der Waals surface area contributed by atoms with Crippen LogP contribution in [0.4, 0.5) is 5.82 Å². The highest BCUT2D eigenvalue weighted by Gasteiger charge is 2.30. The van der Waals surface area contributed by atoms with Gasteiger partial charge in [-0.3, -0.25) is 18.3 Å². The fourth-order valence-electron chi connectivity index (χ4n) is 3.75. The Balaban J connectivity index is 1.26. The maximum Gasteiger partial charge on any atom is 0.362 e. The van der Waals surface area contributed by atoms with Gasteiger partial charge in [0.15, 0.2) is 17.2 Å². The van der Waals surface area contributed by atoms with Crippen LogP contribution in [0.15, 0.2) is 36.9 Å². The van der Waals surface area contributed by atoms with Gasteiger partial charge in [-0.25, -0.2) is 24.5 Å². The smallest absolute Gasteiger partial charge is 0.362 e. The number of aromatic carboxylic acids is 1. The molecule has 4 N–H and O–H groups in total. The van der Waals surface area contributed by atoms with E-state index < -0.39 is 46.7 Å². The number of anilines is 1. The fraction of sp³-hybridized carbons (Fsp3) is 0.333. The number of carboxylic acid groups (broad SMARTS) is 1. The normalized spacial score (nSPS) is 17.8. The van der Waals surface area contributed by atoms with Crippen molar-refractivity contribution in [3.63, 3.8) is 0 Å². The SMILES string of the molecule is Nc1ncnc2c1ncn2C1CCC(COS(=O)(=O)NC(=O)CCC(=O)c2ccccc2C(=O)O)O1. The molecule has 1 aliphatic heterocycles. The van der Waals surface area contributed by atoms with E-state index in [1.165, 1.54) is 36.9 Å². The molecule has 15 heteroatoms. The number of benzene rings is 1. The molecule has 14 nitrogen and oxygen atoms in total. The Bertz CT molecular complexity index is 1420. The summed E-state index contributed by atoms with van der Waals surface area (Å²) in [5.41, 5.74) is 6.43. The average Bonchev–Trinajstić information content (AvgIpc) is 3.48. The van der Waals surface area contributed by atoms with Gasteiger partial charge in [-0.1, -0.05) is 18.2 Å². The number of fused-ring (bicyclic) bond motifs is 1. The first-order valence-corrected chi connectivity index (χ1v) is 12.2. The third-order valence-corrected chi connectivity index (χ3v) is 6.39. The lowest BCUT2D eigenvalue weighted by Crippen LogP contribution is -2.34. The van der Waals surface area contributed by atoms with E-state index in [2.05, 4.69) is 15.0 Å². The predicted octanol–water partition coefficient (Wildman–Crippen LogP) is 0.825. The van der Waals surface area contributed by atoms with Crippen LogP contribution in [-0.4, -0.2) is 63.4 Å². The Labute approximate surface area is 204 Å². The average molecular weight is 519 g/mol. The Hall–Kier alpha value is -3.95. The predicted molar refractivity (Wildman–Crippen MR) is 123 cm³/mol. The topological polar surface area (TPSA) is 206 Å². The number of aromatic nitrogens is 4. The molecule has 190 valence electrons. The number of imidazole rings is 1. The van der Waals surface area contributed by atoms with Crippen molar-refractivity contribution in [2.24, 2.45) is 0 Å². The number of nitrogens with one attached hydrogen (secondary N) is 1. The largest absolute Gasteiger partial charge is 0.478 e. The molecular formula is C21H22N6O8S. The second kappa shape index (κ2) is 10.3. The lowest BCUT2D eigenvalue weighted by Gasteiger charge is -2.15. The number of Topliss-reactive ketones (excluding diaryl/α,β-unsaturated/α-hetero) is 1. The molecule has 0 radical (unpaired) electrons. The summed E-state index contributed by atoms with van der Waals surface area (Å²) in [6.45, 7) is -0.340. The van der Waals surface area contributed by atoms with Gasteiger partial charge < -0.3 is 15.6 Å². The van der Waals surface area contributed by atoms with Crippen molar-refractivity contribution in [1.29, 1.82) is 0 Å². The van der Waals surface area contributed by atoms with Crippen molar-refractivity contribution in [3.8, 4) is 0 Å². The van der Waals surface area contributed by atoms with Crippen LogP contribution in [0.5, 0.6) is 0 Å². The molecule has 1 fully saturated rings. The third-order valence-electron chi connectivity index (χ3n) is 5.47. The van der Waals surface area contributed by atoms with Crippen molar-refractivity contribution >= 4 is 44.9 Å². The number of ether oxygens (including phenoxy) is 1. The lowest BCUT2D eigenvalue weighted by atomic mass is 10.0. The third kappa shape index (κ3) is 5.64. The summed E-state index contributed by atoms with van der Waals surface area (Å²) in [5.74, 6) is -2.63. The van der Waals surface area contributed by atoms with Crippen LogP contribution in [0.25, 0.3) is 11.2 Å².